The summed E-state index contributed by atoms with van der Waals surface area (Å²) >= 11 is 0. The fraction of sp³-hybridized carbons (Fsp3) is 0.917. The molecular formula is C12H22N2O. The van der Waals surface area contributed by atoms with Crippen molar-refractivity contribution in [1.29, 1.82) is 0 Å². The van der Waals surface area contributed by atoms with E-state index in [0.29, 0.717) is 11.9 Å². The van der Waals surface area contributed by atoms with Gasteiger partial charge in [0, 0.05) is 25.7 Å². The minimum atomic E-state index is -0.0548. The first-order valence-electron chi connectivity index (χ1n) is 6.16. The van der Waals surface area contributed by atoms with Gasteiger partial charge in [0.2, 0.25) is 5.91 Å². The first kappa shape index (κ1) is 10.9. The maximum absolute atomic E-state index is 12.1. The number of amides is 1. The van der Waals surface area contributed by atoms with Gasteiger partial charge >= 0.3 is 0 Å². The second kappa shape index (κ2) is 4.12. The van der Waals surface area contributed by atoms with E-state index in [9.17, 15) is 4.79 Å². The summed E-state index contributed by atoms with van der Waals surface area (Å²) in [6.07, 6.45) is 4.61. The van der Waals surface area contributed by atoms with Crippen LogP contribution in [-0.2, 0) is 4.79 Å². The SMILES string of the molecule is CC(C)N1CCNC(=O)C2(CCCC2)C1. The van der Waals surface area contributed by atoms with E-state index in [1.54, 1.807) is 0 Å². The van der Waals surface area contributed by atoms with E-state index in [2.05, 4.69) is 24.1 Å². The van der Waals surface area contributed by atoms with E-state index >= 15 is 0 Å². The maximum Gasteiger partial charge on any atom is 0.227 e. The van der Waals surface area contributed by atoms with Gasteiger partial charge in [-0.3, -0.25) is 9.69 Å². The number of nitrogens with zero attached hydrogens (tertiary/aromatic N) is 1. The van der Waals surface area contributed by atoms with E-state index in [4.69, 9.17) is 0 Å². The zero-order valence-corrected chi connectivity index (χ0v) is 9.88. The van der Waals surface area contributed by atoms with Crippen LogP contribution in [-0.4, -0.2) is 36.5 Å². The Morgan fingerprint density at radius 2 is 2.00 bits per heavy atom. The molecule has 15 heavy (non-hydrogen) atoms. The molecule has 0 atom stereocenters. The molecule has 0 bridgehead atoms. The van der Waals surface area contributed by atoms with Crippen molar-refractivity contribution < 1.29 is 4.79 Å². The zero-order valence-electron chi connectivity index (χ0n) is 9.88. The van der Waals surface area contributed by atoms with Gasteiger partial charge in [-0.25, -0.2) is 0 Å². The molecule has 0 aromatic rings. The topological polar surface area (TPSA) is 32.3 Å². The Kier molecular flexibility index (Phi) is 3.01. The lowest BCUT2D eigenvalue weighted by Gasteiger charge is -2.32. The molecule has 3 heteroatoms. The number of rotatable bonds is 1. The van der Waals surface area contributed by atoms with Gasteiger partial charge in [0.15, 0.2) is 0 Å². The zero-order chi connectivity index (χ0) is 10.9. The monoisotopic (exact) mass is 210 g/mol. The third kappa shape index (κ3) is 2.03. The van der Waals surface area contributed by atoms with Gasteiger partial charge in [0.05, 0.1) is 5.41 Å². The van der Waals surface area contributed by atoms with Gasteiger partial charge in [0.1, 0.15) is 0 Å². The lowest BCUT2D eigenvalue weighted by molar-refractivity contribution is -0.130. The average molecular weight is 210 g/mol. The predicted octanol–water partition coefficient (Wildman–Crippen LogP) is 1.39. The first-order valence-corrected chi connectivity index (χ1v) is 6.16. The van der Waals surface area contributed by atoms with Crippen LogP contribution in [0.2, 0.25) is 0 Å². The van der Waals surface area contributed by atoms with Crippen LogP contribution < -0.4 is 5.32 Å². The highest BCUT2D eigenvalue weighted by Crippen LogP contribution is 2.40. The summed E-state index contributed by atoms with van der Waals surface area (Å²) in [7, 11) is 0. The van der Waals surface area contributed by atoms with Crippen molar-refractivity contribution in [3.8, 4) is 0 Å². The van der Waals surface area contributed by atoms with E-state index in [0.717, 1.165) is 32.5 Å². The second-order valence-corrected chi connectivity index (χ2v) is 5.31. The summed E-state index contributed by atoms with van der Waals surface area (Å²) in [5.74, 6) is 0.308. The molecule has 1 saturated carbocycles. The van der Waals surface area contributed by atoms with Crippen LogP contribution in [0.4, 0.5) is 0 Å². The Morgan fingerprint density at radius 3 is 2.60 bits per heavy atom. The van der Waals surface area contributed by atoms with Crippen LogP contribution in [0.3, 0.4) is 0 Å². The van der Waals surface area contributed by atoms with Crippen LogP contribution in [0.25, 0.3) is 0 Å². The third-order valence-corrected chi connectivity index (χ3v) is 3.96. The normalized spacial score (nSPS) is 27.0. The van der Waals surface area contributed by atoms with E-state index in [1.807, 2.05) is 0 Å². The van der Waals surface area contributed by atoms with Crippen LogP contribution in [0, 0.1) is 5.41 Å². The van der Waals surface area contributed by atoms with Gasteiger partial charge in [-0.15, -0.1) is 0 Å². The van der Waals surface area contributed by atoms with Crippen molar-refractivity contribution in [2.24, 2.45) is 5.41 Å². The van der Waals surface area contributed by atoms with Gasteiger partial charge in [0.25, 0.3) is 0 Å². The molecule has 0 unspecified atom stereocenters. The highest BCUT2D eigenvalue weighted by atomic mass is 16.2. The molecule has 2 rings (SSSR count). The summed E-state index contributed by atoms with van der Waals surface area (Å²) in [5.41, 5.74) is -0.0548. The molecule has 1 saturated heterocycles. The number of carbonyl (C=O) groups excluding carboxylic acids is 1. The van der Waals surface area contributed by atoms with Gasteiger partial charge in [-0.05, 0) is 26.7 Å². The van der Waals surface area contributed by atoms with Crippen LogP contribution in [0.1, 0.15) is 39.5 Å². The smallest absolute Gasteiger partial charge is 0.227 e. The molecule has 1 spiro atoms. The molecule has 0 radical (unpaired) electrons. The molecule has 1 aliphatic carbocycles. The first-order chi connectivity index (χ1) is 7.14. The summed E-state index contributed by atoms with van der Waals surface area (Å²) in [6, 6.07) is 0.551. The Morgan fingerprint density at radius 1 is 1.33 bits per heavy atom. The maximum atomic E-state index is 12.1. The van der Waals surface area contributed by atoms with E-state index in [1.165, 1.54) is 12.8 Å². The van der Waals surface area contributed by atoms with Crippen molar-refractivity contribution in [1.82, 2.24) is 10.2 Å². The van der Waals surface area contributed by atoms with Crippen LogP contribution in [0.5, 0.6) is 0 Å². The quantitative estimate of drug-likeness (QED) is 0.709. The van der Waals surface area contributed by atoms with Gasteiger partial charge < -0.3 is 5.32 Å². The second-order valence-electron chi connectivity index (χ2n) is 5.31. The Balaban J connectivity index is 2.15. The highest BCUT2D eigenvalue weighted by Gasteiger charge is 2.43. The van der Waals surface area contributed by atoms with E-state index < -0.39 is 0 Å². The lowest BCUT2D eigenvalue weighted by Crippen LogP contribution is -2.43. The summed E-state index contributed by atoms with van der Waals surface area (Å²) < 4.78 is 0. The van der Waals surface area contributed by atoms with Crippen LogP contribution >= 0.6 is 0 Å². The molecule has 1 N–H and O–H groups in total. The molecule has 86 valence electrons. The lowest BCUT2D eigenvalue weighted by atomic mass is 9.84. The van der Waals surface area contributed by atoms with Crippen molar-refractivity contribution in [2.75, 3.05) is 19.6 Å². The molecule has 1 amide bonds. The minimum absolute atomic E-state index is 0.0548. The number of nitrogens with one attached hydrogen (secondary N) is 1. The number of hydrogen-bond acceptors (Lipinski definition) is 2. The summed E-state index contributed by atoms with van der Waals surface area (Å²) in [6.45, 7) is 7.23. The molecule has 1 heterocycles. The van der Waals surface area contributed by atoms with Crippen molar-refractivity contribution >= 4 is 5.91 Å². The fourth-order valence-corrected chi connectivity index (χ4v) is 2.92. The molecule has 0 aromatic heterocycles. The fourth-order valence-electron chi connectivity index (χ4n) is 2.92. The average Bonchev–Trinajstić information content (AvgIpc) is 2.58. The van der Waals surface area contributed by atoms with Gasteiger partial charge in [-0.2, -0.15) is 0 Å². The molecule has 0 aromatic carbocycles. The largest absolute Gasteiger partial charge is 0.354 e. The highest BCUT2D eigenvalue weighted by molar-refractivity contribution is 5.83. The summed E-state index contributed by atoms with van der Waals surface area (Å²) in [4.78, 5) is 14.5. The molecular weight excluding hydrogens is 188 g/mol. The summed E-state index contributed by atoms with van der Waals surface area (Å²) in [5, 5.41) is 3.08. The molecule has 2 aliphatic rings. The predicted molar refractivity (Wildman–Crippen MR) is 60.6 cm³/mol. The Labute approximate surface area is 92.2 Å². The minimum Gasteiger partial charge on any atom is -0.354 e. The number of carbonyl (C=O) groups is 1. The third-order valence-electron chi connectivity index (χ3n) is 3.96. The van der Waals surface area contributed by atoms with E-state index in [-0.39, 0.29) is 5.41 Å². The Bertz CT molecular complexity index is 244. The van der Waals surface area contributed by atoms with Crippen molar-refractivity contribution in [2.45, 2.75) is 45.6 Å². The Hall–Kier alpha value is -0.570. The van der Waals surface area contributed by atoms with Crippen LogP contribution in [0.15, 0.2) is 0 Å². The van der Waals surface area contributed by atoms with Crippen molar-refractivity contribution in [3.05, 3.63) is 0 Å². The molecule has 3 nitrogen and oxygen atoms in total. The number of hydrogen-bond donors (Lipinski definition) is 1. The standard InChI is InChI=1S/C12H22N2O/c1-10(2)14-8-7-13-11(15)12(9-14)5-3-4-6-12/h10H,3-9H2,1-2H3,(H,13,15). The van der Waals surface area contributed by atoms with Gasteiger partial charge in [-0.1, -0.05) is 12.8 Å². The molecule has 2 fully saturated rings. The molecule has 1 aliphatic heterocycles. The van der Waals surface area contributed by atoms with Crippen molar-refractivity contribution in [3.63, 3.8) is 0 Å².